The molecule has 0 atom stereocenters. The molecule has 0 bridgehead atoms. The molecule has 1 nitrogen and oxygen atoms in total. The number of unbranched alkanes of at least 4 members (excludes halogenated alkanes) is 8. The van der Waals surface area contributed by atoms with E-state index in [4.69, 9.17) is 0 Å². The third kappa shape index (κ3) is 13.8. The summed E-state index contributed by atoms with van der Waals surface area (Å²) in [6.07, 6.45) is 5.33. The van der Waals surface area contributed by atoms with Gasteiger partial charge in [0.15, 0.2) is 0 Å². The molecule has 4 heteroatoms. The first-order valence-electron chi connectivity index (χ1n) is 6.27. The molecule has 16 heavy (non-hydrogen) atoms. The molecule has 0 rings (SSSR count). The van der Waals surface area contributed by atoms with E-state index in [2.05, 4.69) is 11.7 Å². The molecule has 98 valence electrons. The molecule has 0 aliphatic rings. The number of hydrogen-bond donors (Lipinski definition) is 0. The highest BCUT2D eigenvalue weighted by atomic mass is 19.4. The summed E-state index contributed by atoms with van der Waals surface area (Å²) in [5.41, 5.74) is 0. The lowest BCUT2D eigenvalue weighted by Gasteiger charge is -2.06. The summed E-state index contributed by atoms with van der Waals surface area (Å²) >= 11 is 0. The van der Waals surface area contributed by atoms with E-state index in [9.17, 15) is 13.2 Å². The Labute approximate surface area is 96.4 Å². The monoisotopic (exact) mass is 240 g/mol. The maximum absolute atomic E-state index is 11.6. The Morgan fingerprint density at radius 1 is 0.750 bits per heavy atom. The van der Waals surface area contributed by atoms with Gasteiger partial charge in [0.05, 0.1) is 6.61 Å². The Morgan fingerprint density at radius 2 is 1.19 bits per heavy atom. The summed E-state index contributed by atoms with van der Waals surface area (Å²) in [5.74, 6) is 0. The molecule has 0 unspecified atom stereocenters. The van der Waals surface area contributed by atoms with Gasteiger partial charge in [-0.15, -0.1) is 13.2 Å². The van der Waals surface area contributed by atoms with Crippen LogP contribution in [0.15, 0.2) is 0 Å². The number of rotatable bonds is 10. The molecule has 0 radical (unpaired) electrons. The van der Waals surface area contributed by atoms with Gasteiger partial charge in [-0.1, -0.05) is 58.3 Å². The second kappa shape index (κ2) is 9.94. The zero-order chi connectivity index (χ0) is 12.3. The Kier molecular flexibility index (Phi) is 9.78. The standard InChI is InChI=1S/C12H23F3O/c1-2-3-4-5-6-7-8-9-10-11-16-12(13,14)15/h2-11H2,1H3. The van der Waals surface area contributed by atoms with Crippen molar-refractivity contribution in [1.82, 2.24) is 0 Å². The van der Waals surface area contributed by atoms with Crippen molar-refractivity contribution in [2.24, 2.45) is 0 Å². The van der Waals surface area contributed by atoms with Crippen LogP contribution in [-0.2, 0) is 4.74 Å². The highest BCUT2D eigenvalue weighted by Crippen LogP contribution is 2.17. The first-order chi connectivity index (χ1) is 7.56. The van der Waals surface area contributed by atoms with Crippen LogP contribution in [-0.4, -0.2) is 13.0 Å². The smallest absolute Gasteiger partial charge is 0.292 e. The van der Waals surface area contributed by atoms with Crippen molar-refractivity contribution in [3.05, 3.63) is 0 Å². The maximum atomic E-state index is 11.6. The molecule has 0 aromatic rings. The predicted octanol–water partition coefficient (Wildman–Crippen LogP) is 5.05. The van der Waals surface area contributed by atoms with Gasteiger partial charge in [-0.3, -0.25) is 4.74 Å². The quantitative estimate of drug-likeness (QED) is 0.485. The Hall–Kier alpha value is -0.250. The van der Waals surface area contributed by atoms with Crippen LogP contribution < -0.4 is 0 Å². The maximum Gasteiger partial charge on any atom is 0.522 e. The van der Waals surface area contributed by atoms with Gasteiger partial charge in [0.1, 0.15) is 0 Å². The van der Waals surface area contributed by atoms with E-state index in [0.29, 0.717) is 6.42 Å². The minimum atomic E-state index is -4.46. The molecule has 0 aliphatic heterocycles. The average molecular weight is 240 g/mol. The summed E-state index contributed by atoms with van der Waals surface area (Å²) < 4.78 is 38.4. The van der Waals surface area contributed by atoms with Crippen LogP contribution in [0.3, 0.4) is 0 Å². The van der Waals surface area contributed by atoms with Gasteiger partial charge in [-0.05, 0) is 6.42 Å². The fourth-order valence-electron chi connectivity index (χ4n) is 1.60. The lowest BCUT2D eigenvalue weighted by atomic mass is 10.1. The minimum absolute atomic E-state index is 0.195. The summed E-state index contributed by atoms with van der Waals surface area (Å²) in [6.45, 7) is 1.99. The van der Waals surface area contributed by atoms with Gasteiger partial charge in [-0.2, -0.15) is 0 Å². The third-order valence-electron chi connectivity index (χ3n) is 2.51. The lowest BCUT2D eigenvalue weighted by Crippen LogP contribution is -2.13. The molecule has 0 amide bonds. The van der Waals surface area contributed by atoms with Gasteiger partial charge < -0.3 is 0 Å². The van der Waals surface area contributed by atoms with Crippen LogP contribution in [0.4, 0.5) is 13.2 Å². The van der Waals surface area contributed by atoms with E-state index >= 15 is 0 Å². The lowest BCUT2D eigenvalue weighted by molar-refractivity contribution is -0.324. The van der Waals surface area contributed by atoms with Gasteiger partial charge in [0.25, 0.3) is 0 Å². The van der Waals surface area contributed by atoms with E-state index in [1.54, 1.807) is 0 Å². The highest BCUT2D eigenvalue weighted by molar-refractivity contribution is 4.46. The molecule has 0 saturated carbocycles. The van der Waals surface area contributed by atoms with Crippen molar-refractivity contribution < 1.29 is 17.9 Å². The van der Waals surface area contributed by atoms with Gasteiger partial charge in [-0.25, -0.2) is 0 Å². The van der Waals surface area contributed by atoms with E-state index in [1.807, 2.05) is 0 Å². The van der Waals surface area contributed by atoms with Crippen molar-refractivity contribution in [2.75, 3.05) is 6.61 Å². The zero-order valence-electron chi connectivity index (χ0n) is 10.1. The third-order valence-corrected chi connectivity index (χ3v) is 2.51. The topological polar surface area (TPSA) is 9.23 Å². The number of ether oxygens (including phenoxy) is 1. The first-order valence-corrected chi connectivity index (χ1v) is 6.27. The van der Waals surface area contributed by atoms with E-state index in [-0.39, 0.29) is 6.61 Å². The molecule has 0 spiro atoms. The molecule has 0 aromatic heterocycles. The zero-order valence-corrected chi connectivity index (χ0v) is 10.1. The molecular weight excluding hydrogens is 217 g/mol. The van der Waals surface area contributed by atoms with Gasteiger partial charge in [0, 0.05) is 0 Å². The molecule has 0 fully saturated rings. The largest absolute Gasteiger partial charge is 0.522 e. The number of halogens is 3. The Bertz CT molecular complexity index is 146. The molecule has 0 aromatic carbocycles. The summed E-state index contributed by atoms with van der Waals surface area (Å²) in [6, 6.07) is 0. The van der Waals surface area contributed by atoms with Crippen LogP contribution in [0, 0.1) is 0 Å². The van der Waals surface area contributed by atoms with Crippen molar-refractivity contribution in [3.63, 3.8) is 0 Å². The predicted molar refractivity (Wildman–Crippen MR) is 59.2 cm³/mol. The fraction of sp³-hybridized carbons (Fsp3) is 1.00. The van der Waals surface area contributed by atoms with Crippen LogP contribution in [0.2, 0.25) is 0 Å². The minimum Gasteiger partial charge on any atom is -0.292 e. The van der Waals surface area contributed by atoms with E-state index < -0.39 is 6.36 Å². The second-order valence-electron chi connectivity index (χ2n) is 4.12. The van der Waals surface area contributed by atoms with Crippen molar-refractivity contribution >= 4 is 0 Å². The fourth-order valence-corrected chi connectivity index (χ4v) is 1.60. The first kappa shape index (κ1) is 15.8. The van der Waals surface area contributed by atoms with Crippen LogP contribution >= 0.6 is 0 Å². The van der Waals surface area contributed by atoms with E-state index in [1.165, 1.54) is 32.1 Å². The van der Waals surface area contributed by atoms with Gasteiger partial charge >= 0.3 is 6.36 Å². The molecule has 0 heterocycles. The Morgan fingerprint density at radius 3 is 1.62 bits per heavy atom. The molecule has 0 aliphatic carbocycles. The normalized spacial score (nSPS) is 12.0. The molecular formula is C12H23F3O. The average Bonchev–Trinajstić information content (AvgIpc) is 2.19. The molecule has 0 N–H and O–H groups in total. The van der Waals surface area contributed by atoms with Crippen molar-refractivity contribution in [2.45, 2.75) is 71.1 Å². The van der Waals surface area contributed by atoms with Crippen molar-refractivity contribution in [1.29, 1.82) is 0 Å². The summed E-state index contributed by atoms with van der Waals surface area (Å²) in [7, 11) is 0. The van der Waals surface area contributed by atoms with Crippen LogP contribution in [0.5, 0.6) is 0 Å². The summed E-state index contributed by atoms with van der Waals surface area (Å²) in [5, 5.41) is 0. The molecule has 0 saturated heterocycles. The highest BCUT2D eigenvalue weighted by Gasteiger charge is 2.28. The van der Waals surface area contributed by atoms with Crippen LogP contribution in [0.25, 0.3) is 0 Å². The number of alkyl halides is 3. The van der Waals surface area contributed by atoms with Gasteiger partial charge in [0.2, 0.25) is 0 Å². The SMILES string of the molecule is CCCCCCCCCCCOC(F)(F)F. The van der Waals surface area contributed by atoms with Crippen molar-refractivity contribution in [3.8, 4) is 0 Å². The second-order valence-corrected chi connectivity index (χ2v) is 4.12. The van der Waals surface area contributed by atoms with Crippen LogP contribution in [0.1, 0.15) is 64.7 Å². The summed E-state index contributed by atoms with van der Waals surface area (Å²) in [4.78, 5) is 0. The van der Waals surface area contributed by atoms with E-state index in [0.717, 1.165) is 19.3 Å². The Balaban J connectivity index is 2.99. The number of hydrogen-bond acceptors (Lipinski definition) is 1.